The first-order valence-corrected chi connectivity index (χ1v) is 16.1. The van der Waals surface area contributed by atoms with Crippen LogP contribution in [-0.4, -0.2) is 60.3 Å². The fourth-order valence-electron chi connectivity index (χ4n) is 4.59. The summed E-state index contributed by atoms with van der Waals surface area (Å²) in [4.78, 5) is 33.9. The molecular formula is C29H41BrN4O4S2. The number of hydrogen-bond acceptors (Lipinski definition) is 8. The molecule has 8 nitrogen and oxygen atoms in total. The third kappa shape index (κ3) is 7.82. The van der Waals surface area contributed by atoms with E-state index in [1.807, 2.05) is 65.5 Å². The summed E-state index contributed by atoms with van der Waals surface area (Å²) in [5.41, 5.74) is 2.43. The van der Waals surface area contributed by atoms with Gasteiger partial charge >= 0.3 is 6.09 Å². The molecular weight excluding hydrogens is 612 g/mol. The number of thiazole rings is 1. The van der Waals surface area contributed by atoms with Gasteiger partial charge in [0.15, 0.2) is 0 Å². The van der Waals surface area contributed by atoms with Crippen molar-refractivity contribution in [1.29, 1.82) is 0 Å². The van der Waals surface area contributed by atoms with Crippen LogP contribution in [0.3, 0.4) is 0 Å². The number of benzene rings is 1. The van der Waals surface area contributed by atoms with Crippen molar-refractivity contribution in [3.63, 3.8) is 0 Å². The Morgan fingerprint density at radius 1 is 1.18 bits per heavy atom. The summed E-state index contributed by atoms with van der Waals surface area (Å²) in [6.07, 6.45) is 0.670. The maximum atomic E-state index is 13.1. The molecule has 3 aromatic rings. The first kappa shape index (κ1) is 32.5. The van der Waals surface area contributed by atoms with Gasteiger partial charge < -0.3 is 20.1 Å². The number of carbonyl (C=O) groups is 2. The largest absolute Gasteiger partial charge is 0.444 e. The summed E-state index contributed by atoms with van der Waals surface area (Å²) < 4.78 is 12.8. The first-order chi connectivity index (χ1) is 19.0. The molecule has 1 aliphatic heterocycles. The number of aromatic nitrogens is 1. The van der Waals surface area contributed by atoms with Gasteiger partial charge in [-0.1, -0.05) is 29.8 Å². The van der Waals surface area contributed by atoms with Crippen LogP contribution in [0.2, 0.25) is 0 Å². The topological polar surface area (TPSA) is 92.8 Å². The minimum absolute atomic E-state index is 0.0664. The van der Waals surface area contributed by atoms with E-state index < -0.39 is 5.60 Å². The van der Waals surface area contributed by atoms with Gasteiger partial charge in [0.1, 0.15) is 15.6 Å². The molecule has 220 valence electrons. The average Bonchev–Trinajstić information content (AvgIpc) is 3.44. The molecule has 11 heteroatoms. The number of halogens is 1. The van der Waals surface area contributed by atoms with Gasteiger partial charge in [0.05, 0.1) is 22.9 Å². The summed E-state index contributed by atoms with van der Waals surface area (Å²) in [5, 5.41) is 8.02. The van der Waals surface area contributed by atoms with E-state index in [1.54, 1.807) is 18.4 Å². The van der Waals surface area contributed by atoms with E-state index in [4.69, 9.17) is 14.5 Å². The zero-order valence-electron chi connectivity index (χ0n) is 24.6. The first-order valence-electron chi connectivity index (χ1n) is 13.7. The van der Waals surface area contributed by atoms with Crippen molar-refractivity contribution < 1.29 is 19.1 Å². The molecule has 3 heterocycles. The molecule has 0 bridgehead atoms. The SMILES string of the molecule is CC.COCCNCCC(=O)Nc1sc2c(c1-c1nc3cc(Br)ccc3s1)CC(C)N(C(=O)OC(C)(C)C)C2C. The number of methoxy groups -OCH3 is 1. The van der Waals surface area contributed by atoms with Crippen molar-refractivity contribution in [2.75, 3.05) is 32.1 Å². The van der Waals surface area contributed by atoms with Crippen molar-refractivity contribution in [3.8, 4) is 10.6 Å². The van der Waals surface area contributed by atoms with Crippen LogP contribution < -0.4 is 10.6 Å². The molecule has 1 aliphatic rings. The molecule has 0 spiro atoms. The molecule has 2 unspecified atom stereocenters. The lowest BCUT2D eigenvalue weighted by molar-refractivity contribution is -0.116. The second kappa shape index (κ2) is 14.2. The number of thiophene rings is 1. The van der Waals surface area contributed by atoms with E-state index in [-0.39, 0.29) is 24.1 Å². The zero-order chi connectivity index (χ0) is 29.6. The van der Waals surface area contributed by atoms with Crippen molar-refractivity contribution >= 4 is 65.8 Å². The molecule has 0 saturated carbocycles. The van der Waals surface area contributed by atoms with E-state index in [1.165, 1.54) is 11.3 Å². The molecule has 40 heavy (non-hydrogen) atoms. The van der Waals surface area contributed by atoms with Crippen LogP contribution >= 0.6 is 38.6 Å². The van der Waals surface area contributed by atoms with Crippen LogP contribution in [0.5, 0.6) is 0 Å². The lowest BCUT2D eigenvalue weighted by atomic mass is 9.93. The smallest absolute Gasteiger partial charge is 0.411 e. The number of anilines is 1. The summed E-state index contributed by atoms with van der Waals surface area (Å²) >= 11 is 6.68. The molecule has 2 amide bonds. The van der Waals surface area contributed by atoms with Crippen molar-refractivity contribution in [1.82, 2.24) is 15.2 Å². The third-order valence-corrected chi connectivity index (χ3v) is 9.11. The molecule has 0 radical (unpaired) electrons. The summed E-state index contributed by atoms with van der Waals surface area (Å²) in [5.74, 6) is -0.0664. The summed E-state index contributed by atoms with van der Waals surface area (Å²) in [6.45, 7) is 15.6. The van der Waals surface area contributed by atoms with Gasteiger partial charge in [-0.15, -0.1) is 22.7 Å². The Bertz CT molecular complexity index is 1320. The number of carbonyl (C=O) groups excluding carboxylic acids is 2. The summed E-state index contributed by atoms with van der Waals surface area (Å²) in [6, 6.07) is 5.80. The van der Waals surface area contributed by atoms with Crippen LogP contribution in [0.1, 0.15) is 71.4 Å². The number of nitrogens with zero attached hydrogens (tertiary/aromatic N) is 2. The molecule has 4 rings (SSSR count). The van der Waals surface area contributed by atoms with Crippen LogP contribution in [0.4, 0.5) is 9.80 Å². The summed E-state index contributed by atoms with van der Waals surface area (Å²) in [7, 11) is 1.65. The number of amides is 2. The Morgan fingerprint density at radius 2 is 1.90 bits per heavy atom. The number of nitrogens with one attached hydrogen (secondary N) is 2. The molecule has 1 aromatic carbocycles. The monoisotopic (exact) mass is 652 g/mol. The van der Waals surface area contributed by atoms with Gasteiger partial charge in [-0.05, 0) is 64.8 Å². The van der Waals surface area contributed by atoms with E-state index in [0.29, 0.717) is 32.5 Å². The predicted molar refractivity (Wildman–Crippen MR) is 170 cm³/mol. The molecule has 2 aromatic heterocycles. The van der Waals surface area contributed by atoms with Crippen LogP contribution in [-0.2, 0) is 20.7 Å². The maximum absolute atomic E-state index is 13.1. The van der Waals surface area contributed by atoms with Gasteiger partial charge in [-0.25, -0.2) is 9.78 Å². The Labute approximate surface area is 254 Å². The second-order valence-corrected chi connectivity index (χ2v) is 13.4. The normalized spacial score (nSPS) is 16.8. The van der Waals surface area contributed by atoms with Crippen LogP contribution in [0, 0.1) is 0 Å². The molecule has 2 atom stereocenters. The fourth-order valence-corrected chi connectivity index (χ4v) is 7.33. The molecule has 0 fully saturated rings. The molecule has 0 aliphatic carbocycles. The lowest BCUT2D eigenvalue weighted by Crippen LogP contribution is -2.46. The highest BCUT2D eigenvalue weighted by Crippen LogP contribution is 2.50. The van der Waals surface area contributed by atoms with E-state index >= 15 is 0 Å². The molecule has 2 N–H and O–H groups in total. The Morgan fingerprint density at radius 3 is 2.58 bits per heavy atom. The van der Waals surface area contributed by atoms with Crippen molar-refractivity contribution in [2.45, 2.75) is 79.0 Å². The minimum Gasteiger partial charge on any atom is -0.444 e. The van der Waals surface area contributed by atoms with Crippen molar-refractivity contribution in [3.05, 3.63) is 33.1 Å². The average molecular weight is 654 g/mol. The van der Waals surface area contributed by atoms with Crippen LogP contribution in [0.15, 0.2) is 22.7 Å². The molecule has 0 saturated heterocycles. The predicted octanol–water partition coefficient (Wildman–Crippen LogP) is 7.62. The minimum atomic E-state index is -0.580. The van der Waals surface area contributed by atoms with Crippen LogP contribution in [0.25, 0.3) is 20.8 Å². The lowest BCUT2D eigenvalue weighted by Gasteiger charge is -2.39. The highest BCUT2D eigenvalue weighted by molar-refractivity contribution is 9.10. The number of ether oxygens (including phenoxy) is 2. The third-order valence-electron chi connectivity index (χ3n) is 6.24. The number of fused-ring (bicyclic) bond motifs is 2. The number of rotatable bonds is 8. The van der Waals surface area contributed by atoms with E-state index in [0.717, 1.165) is 40.7 Å². The van der Waals surface area contributed by atoms with E-state index in [9.17, 15) is 9.59 Å². The van der Waals surface area contributed by atoms with Gasteiger partial charge in [-0.3, -0.25) is 9.69 Å². The number of hydrogen-bond donors (Lipinski definition) is 2. The Hall–Kier alpha value is -2.05. The fraction of sp³-hybridized carbons (Fsp3) is 0.552. The second-order valence-electron chi connectivity index (χ2n) is 10.4. The van der Waals surface area contributed by atoms with Gasteiger partial charge in [0, 0.05) is 47.6 Å². The van der Waals surface area contributed by atoms with Crippen molar-refractivity contribution in [2.24, 2.45) is 0 Å². The zero-order valence-corrected chi connectivity index (χ0v) is 27.9. The van der Waals surface area contributed by atoms with E-state index in [2.05, 4.69) is 32.6 Å². The highest BCUT2D eigenvalue weighted by Gasteiger charge is 2.39. The quantitative estimate of drug-likeness (QED) is 0.243. The maximum Gasteiger partial charge on any atom is 0.411 e. The Balaban J connectivity index is 0.00000216. The van der Waals surface area contributed by atoms with Gasteiger partial charge in [-0.2, -0.15) is 0 Å². The standard InChI is InChI=1S/C27H35BrN4O4S2.C2H6/c1-15-13-18-22(24-30-19-14-17(28)7-8-20(19)37-24)25(31-21(33)9-10-29-11-12-35-6)38-23(18)16(2)32(15)26(34)36-27(3,4)5;1-2/h7-8,14-16,29H,9-13H2,1-6H3,(H,31,33);1-2H3. The highest BCUT2D eigenvalue weighted by atomic mass is 79.9. The van der Waals surface area contributed by atoms with Gasteiger partial charge in [0.25, 0.3) is 0 Å². The Kier molecular flexibility index (Phi) is 11.5. The van der Waals surface area contributed by atoms with Gasteiger partial charge in [0.2, 0.25) is 5.91 Å².